The van der Waals surface area contributed by atoms with Crippen molar-refractivity contribution >= 4 is 21.6 Å². The summed E-state index contributed by atoms with van der Waals surface area (Å²) in [4.78, 5) is 12.4. The van der Waals surface area contributed by atoms with Crippen molar-refractivity contribution in [3.05, 3.63) is 54.6 Å². The second-order valence-electron chi connectivity index (χ2n) is 5.07. The lowest BCUT2D eigenvalue weighted by molar-refractivity contribution is -0.117. The Hall–Kier alpha value is -2.38. The molecule has 0 saturated carbocycles. The van der Waals surface area contributed by atoms with Crippen molar-refractivity contribution in [3.63, 3.8) is 0 Å². The van der Waals surface area contributed by atoms with Gasteiger partial charge in [-0.1, -0.05) is 30.3 Å². The monoisotopic (exact) mass is 348 g/mol. The molecule has 0 heterocycles. The lowest BCUT2D eigenvalue weighted by Crippen LogP contribution is -2.41. The topological polar surface area (TPSA) is 84.5 Å². The first-order valence-electron chi connectivity index (χ1n) is 7.54. The highest BCUT2D eigenvalue weighted by Crippen LogP contribution is 2.23. The van der Waals surface area contributed by atoms with Gasteiger partial charge in [-0.05, 0) is 38.1 Å². The van der Waals surface area contributed by atoms with Gasteiger partial charge in [0, 0.05) is 0 Å². The Balaban J connectivity index is 2.08. The van der Waals surface area contributed by atoms with Crippen LogP contribution in [0.2, 0.25) is 0 Å². The minimum Gasteiger partial charge on any atom is -0.492 e. The van der Waals surface area contributed by atoms with Crippen LogP contribution in [-0.4, -0.2) is 27.0 Å². The van der Waals surface area contributed by atoms with Crippen molar-refractivity contribution in [1.29, 1.82) is 0 Å². The Kier molecular flexibility index (Phi) is 5.94. The zero-order valence-electron chi connectivity index (χ0n) is 13.5. The molecule has 1 atom stereocenters. The molecule has 0 bridgehead atoms. The maximum Gasteiger partial charge on any atom is 0.242 e. The van der Waals surface area contributed by atoms with Gasteiger partial charge >= 0.3 is 0 Å². The Labute approximate surface area is 141 Å². The highest BCUT2D eigenvalue weighted by atomic mass is 32.2. The molecule has 0 radical (unpaired) electrons. The summed E-state index contributed by atoms with van der Waals surface area (Å²) in [7, 11) is -3.76. The Bertz CT molecular complexity index is 791. The molecule has 0 aliphatic heterocycles. The van der Waals surface area contributed by atoms with Crippen molar-refractivity contribution in [2.24, 2.45) is 0 Å². The summed E-state index contributed by atoms with van der Waals surface area (Å²) in [5.41, 5.74) is 0.495. The SMILES string of the molecule is CCOc1ccccc1NC(=O)C(C)NS(=O)(=O)c1ccccc1. The van der Waals surface area contributed by atoms with Crippen LogP contribution in [0, 0.1) is 0 Å². The van der Waals surface area contributed by atoms with Gasteiger partial charge in [-0.3, -0.25) is 4.79 Å². The van der Waals surface area contributed by atoms with Crippen molar-refractivity contribution in [2.45, 2.75) is 24.8 Å². The third kappa shape index (κ3) is 4.56. The number of rotatable bonds is 7. The van der Waals surface area contributed by atoms with Gasteiger partial charge < -0.3 is 10.1 Å². The highest BCUT2D eigenvalue weighted by molar-refractivity contribution is 7.89. The van der Waals surface area contributed by atoms with E-state index in [1.54, 1.807) is 42.5 Å². The molecule has 2 N–H and O–H groups in total. The number of sulfonamides is 1. The van der Waals surface area contributed by atoms with E-state index in [1.165, 1.54) is 19.1 Å². The average molecular weight is 348 g/mol. The Morgan fingerprint density at radius 1 is 1.08 bits per heavy atom. The third-order valence-electron chi connectivity index (χ3n) is 3.22. The minimum absolute atomic E-state index is 0.111. The van der Waals surface area contributed by atoms with Crippen molar-refractivity contribution in [2.75, 3.05) is 11.9 Å². The summed E-state index contributed by atoms with van der Waals surface area (Å²) < 4.78 is 32.3. The van der Waals surface area contributed by atoms with Crippen molar-refractivity contribution < 1.29 is 17.9 Å². The quantitative estimate of drug-likeness (QED) is 0.805. The fourth-order valence-corrected chi connectivity index (χ4v) is 3.27. The first-order valence-corrected chi connectivity index (χ1v) is 9.02. The number of amides is 1. The molecule has 7 heteroatoms. The van der Waals surface area contributed by atoms with E-state index in [2.05, 4.69) is 10.0 Å². The van der Waals surface area contributed by atoms with Gasteiger partial charge in [-0.15, -0.1) is 0 Å². The molecular weight excluding hydrogens is 328 g/mol. The van der Waals surface area contributed by atoms with Crippen molar-refractivity contribution in [1.82, 2.24) is 4.72 Å². The number of anilines is 1. The highest BCUT2D eigenvalue weighted by Gasteiger charge is 2.22. The normalized spacial score (nSPS) is 12.4. The van der Waals surface area contributed by atoms with E-state index in [-0.39, 0.29) is 4.90 Å². The lowest BCUT2D eigenvalue weighted by atomic mass is 10.2. The van der Waals surface area contributed by atoms with Crippen LogP contribution in [0.25, 0.3) is 0 Å². The molecule has 24 heavy (non-hydrogen) atoms. The Morgan fingerprint density at radius 2 is 1.71 bits per heavy atom. The summed E-state index contributed by atoms with van der Waals surface area (Å²) in [5, 5.41) is 2.68. The number of para-hydroxylation sites is 2. The summed E-state index contributed by atoms with van der Waals surface area (Å²) in [6.07, 6.45) is 0. The first-order chi connectivity index (χ1) is 11.4. The molecule has 6 nitrogen and oxygen atoms in total. The molecule has 2 aromatic carbocycles. The van der Waals surface area contributed by atoms with Crippen LogP contribution in [0.5, 0.6) is 5.75 Å². The fraction of sp³-hybridized carbons (Fsp3) is 0.235. The lowest BCUT2D eigenvalue weighted by Gasteiger charge is -2.16. The summed E-state index contributed by atoms with van der Waals surface area (Å²) in [5.74, 6) is 0.0631. The summed E-state index contributed by atoms with van der Waals surface area (Å²) in [6.45, 7) is 3.79. The van der Waals surface area contributed by atoms with Crippen molar-refractivity contribution in [3.8, 4) is 5.75 Å². The molecule has 0 fully saturated rings. The standard InChI is InChI=1S/C17H20N2O4S/c1-3-23-16-12-8-7-11-15(16)18-17(20)13(2)19-24(21,22)14-9-5-4-6-10-14/h4-13,19H,3H2,1-2H3,(H,18,20). The van der Waals surface area contributed by atoms with E-state index in [1.807, 2.05) is 6.92 Å². The smallest absolute Gasteiger partial charge is 0.242 e. The van der Waals surface area contributed by atoms with E-state index in [0.717, 1.165) is 0 Å². The van der Waals surface area contributed by atoms with Crippen LogP contribution >= 0.6 is 0 Å². The summed E-state index contributed by atoms with van der Waals surface area (Å²) >= 11 is 0. The Morgan fingerprint density at radius 3 is 2.38 bits per heavy atom. The number of hydrogen-bond donors (Lipinski definition) is 2. The zero-order chi connectivity index (χ0) is 17.6. The van der Waals surface area contributed by atoms with E-state index >= 15 is 0 Å². The predicted octanol–water partition coefficient (Wildman–Crippen LogP) is 2.39. The number of carbonyl (C=O) groups excluding carboxylic acids is 1. The van der Waals surface area contributed by atoms with Gasteiger partial charge in [0.15, 0.2) is 0 Å². The molecule has 0 aromatic heterocycles. The number of carbonyl (C=O) groups is 1. The molecule has 128 valence electrons. The second-order valence-corrected chi connectivity index (χ2v) is 6.79. The van der Waals surface area contributed by atoms with Gasteiger partial charge in [0.1, 0.15) is 5.75 Å². The maximum atomic E-state index is 12.3. The molecule has 0 aliphatic carbocycles. The molecule has 1 amide bonds. The van der Waals surface area contributed by atoms with Crippen LogP contribution in [0.15, 0.2) is 59.5 Å². The van der Waals surface area contributed by atoms with Crippen LogP contribution < -0.4 is 14.8 Å². The number of ether oxygens (including phenoxy) is 1. The van der Waals surface area contributed by atoms with E-state index < -0.39 is 22.0 Å². The molecule has 0 aliphatic rings. The zero-order valence-corrected chi connectivity index (χ0v) is 14.3. The largest absolute Gasteiger partial charge is 0.492 e. The molecule has 2 rings (SSSR count). The number of nitrogens with one attached hydrogen (secondary N) is 2. The molecule has 1 unspecified atom stereocenters. The predicted molar refractivity (Wildman–Crippen MR) is 92.5 cm³/mol. The van der Waals surface area contributed by atoms with Gasteiger partial charge in [0.05, 0.1) is 23.2 Å². The number of benzene rings is 2. The van der Waals surface area contributed by atoms with E-state index in [9.17, 15) is 13.2 Å². The van der Waals surface area contributed by atoms with Crippen LogP contribution in [-0.2, 0) is 14.8 Å². The molecule has 2 aromatic rings. The van der Waals surface area contributed by atoms with E-state index in [0.29, 0.717) is 18.0 Å². The maximum absolute atomic E-state index is 12.3. The van der Waals surface area contributed by atoms with Gasteiger partial charge in [0.25, 0.3) is 0 Å². The van der Waals surface area contributed by atoms with Gasteiger partial charge in [0.2, 0.25) is 15.9 Å². The van der Waals surface area contributed by atoms with Crippen LogP contribution in [0.1, 0.15) is 13.8 Å². The molecule has 0 saturated heterocycles. The minimum atomic E-state index is -3.76. The van der Waals surface area contributed by atoms with E-state index in [4.69, 9.17) is 4.74 Å². The summed E-state index contributed by atoms with van der Waals surface area (Å²) in [6, 6.07) is 14.0. The molecule has 0 spiro atoms. The average Bonchev–Trinajstić information content (AvgIpc) is 2.57. The first kappa shape index (κ1) is 18.0. The fourth-order valence-electron chi connectivity index (χ4n) is 2.05. The second kappa shape index (κ2) is 7.94. The van der Waals surface area contributed by atoms with Crippen LogP contribution in [0.4, 0.5) is 5.69 Å². The molecular formula is C17H20N2O4S. The number of hydrogen-bond acceptors (Lipinski definition) is 4. The van der Waals surface area contributed by atoms with Gasteiger partial charge in [-0.2, -0.15) is 4.72 Å². The third-order valence-corrected chi connectivity index (χ3v) is 4.78. The van der Waals surface area contributed by atoms with Crippen LogP contribution in [0.3, 0.4) is 0 Å². The van der Waals surface area contributed by atoms with Gasteiger partial charge in [-0.25, -0.2) is 8.42 Å².